The van der Waals surface area contributed by atoms with Crippen molar-refractivity contribution in [1.82, 2.24) is 4.72 Å². The van der Waals surface area contributed by atoms with E-state index in [-0.39, 0.29) is 24.8 Å². The van der Waals surface area contributed by atoms with E-state index in [9.17, 15) is 12.8 Å². The molecule has 108 valence electrons. The Balaban J connectivity index is 3.11. The molecule has 0 saturated carbocycles. The van der Waals surface area contributed by atoms with Gasteiger partial charge in [0.1, 0.15) is 10.7 Å². The lowest BCUT2D eigenvalue weighted by Gasteiger charge is -2.13. The van der Waals surface area contributed by atoms with Gasteiger partial charge in [-0.3, -0.25) is 0 Å². The molecule has 1 atom stereocenters. The van der Waals surface area contributed by atoms with Crippen molar-refractivity contribution in [3.63, 3.8) is 0 Å². The lowest BCUT2D eigenvalue weighted by molar-refractivity contribution is 0.122. The molecule has 0 heterocycles. The van der Waals surface area contributed by atoms with E-state index in [0.717, 1.165) is 0 Å². The fraction of sp³-hybridized carbons (Fsp3) is 0.455. The molecule has 1 unspecified atom stereocenters. The van der Waals surface area contributed by atoms with E-state index in [4.69, 9.17) is 10.5 Å². The first kappa shape index (κ1) is 16.5. The maximum atomic E-state index is 14.0. The minimum absolute atomic E-state index is 0.0583. The summed E-state index contributed by atoms with van der Waals surface area (Å²) < 4.78 is 45.7. The van der Waals surface area contributed by atoms with Crippen LogP contribution in [0.25, 0.3) is 0 Å². The van der Waals surface area contributed by atoms with E-state index in [1.807, 2.05) is 0 Å². The van der Waals surface area contributed by atoms with Crippen LogP contribution in [-0.2, 0) is 21.3 Å². The molecule has 0 bridgehead atoms. The minimum atomic E-state index is -3.94. The lowest BCUT2D eigenvalue weighted by atomic mass is 10.2. The first-order valence-electron chi connectivity index (χ1n) is 5.52. The van der Waals surface area contributed by atoms with Crippen LogP contribution in [0, 0.1) is 5.82 Å². The normalized spacial score (nSPS) is 13.5. The van der Waals surface area contributed by atoms with E-state index in [2.05, 4.69) is 20.7 Å². The molecule has 0 aliphatic carbocycles. The summed E-state index contributed by atoms with van der Waals surface area (Å²) in [7, 11) is -2.48. The van der Waals surface area contributed by atoms with Gasteiger partial charge < -0.3 is 10.5 Å². The van der Waals surface area contributed by atoms with Crippen LogP contribution in [0.3, 0.4) is 0 Å². The molecular formula is C11H16BrFN2O3S. The van der Waals surface area contributed by atoms with Gasteiger partial charge in [-0.1, -0.05) is 15.9 Å². The highest BCUT2D eigenvalue weighted by molar-refractivity contribution is 9.10. The minimum Gasteiger partial charge on any atom is -0.380 e. The third-order valence-electron chi connectivity index (χ3n) is 2.55. The maximum Gasteiger partial charge on any atom is 0.243 e. The zero-order valence-corrected chi connectivity index (χ0v) is 13.0. The molecular weight excluding hydrogens is 339 g/mol. The zero-order valence-electron chi connectivity index (χ0n) is 10.6. The van der Waals surface area contributed by atoms with Crippen molar-refractivity contribution >= 4 is 26.0 Å². The van der Waals surface area contributed by atoms with Gasteiger partial charge in [0, 0.05) is 30.2 Å². The molecule has 0 aliphatic rings. The summed E-state index contributed by atoms with van der Waals surface area (Å²) in [4.78, 5) is -0.425. The smallest absolute Gasteiger partial charge is 0.243 e. The summed E-state index contributed by atoms with van der Waals surface area (Å²) >= 11 is 3.14. The zero-order chi connectivity index (χ0) is 14.6. The van der Waals surface area contributed by atoms with Gasteiger partial charge in [-0.2, -0.15) is 0 Å². The summed E-state index contributed by atoms with van der Waals surface area (Å²) in [6.45, 7) is 1.68. The average Bonchev–Trinajstić information content (AvgIpc) is 2.38. The van der Waals surface area contributed by atoms with Crippen LogP contribution in [-0.4, -0.2) is 28.2 Å². The summed E-state index contributed by atoms with van der Waals surface area (Å²) in [6.07, 6.45) is -0.307. The van der Waals surface area contributed by atoms with E-state index in [1.165, 1.54) is 19.2 Å². The Bertz CT molecular complexity index is 551. The van der Waals surface area contributed by atoms with Gasteiger partial charge in [0.25, 0.3) is 0 Å². The summed E-state index contributed by atoms with van der Waals surface area (Å²) in [5, 5.41) is 0. The number of methoxy groups -OCH3 is 1. The Morgan fingerprint density at radius 3 is 2.68 bits per heavy atom. The number of hydrogen-bond donors (Lipinski definition) is 2. The van der Waals surface area contributed by atoms with E-state index >= 15 is 0 Å². The Morgan fingerprint density at radius 1 is 1.53 bits per heavy atom. The molecule has 1 aromatic carbocycles. The predicted molar refractivity (Wildman–Crippen MR) is 73.7 cm³/mol. The molecule has 0 saturated heterocycles. The van der Waals surface area contributed by atoms with Crippen LogP contribution in [0.5, 0.6) is 0 Å². The highest BCUT2D eigenvalue weighted by Gasteiger charge is 2.22. The van der Waals surface area contributed by atoms with Gasteiger partial charge in [0.05, 0.1) is 6.10 Å². The molecule has 0 amide bonds. The highest BCUT2D eigenvalue weighted by atomic mass is 79.9. The van der Waals surface area contributed by atoms with Crippen molar-refractivity contribution in [3.05, 3.63) is 28.0 Å². The molecule has 3 N–H and O–H groups in total. The summed E-state index contributed by atoms with van der Waals surface area (Å²) in [5.41, 5.74) is 5.51. The SMILES string of the molecule is COC(C)CNS(=O)(=O)c1cc(Br)cc(CN)c1F. The van der Waals surface area contributed by atoms with E-state index in [1.54, 1.807) is 6.92 Å². The molecule has 1 rings (SSSR count). The molecule has 5 nitrogen and oxygen atoms in total. The van der Waals surface area contributed by atoms with Gasteiger partial charge in [-0.25, -0.2) is 17.5 Å². The molecule has 0 radical (unpaired) electrons. The molecule has 0 aliphatic heterocycles. The predicted octanol–water partition coefficient (Wildman–Crippen LogP) is 1.36. The van der Waals surface area contributed by atoms with Crippen molar-refractivity contribution in [2.24, 2.45) is 5.73 Å². The van der Waals surface area contributed by atoms with Gasteiger partial charge in [0.15, 0.2) is 0 Å². The molecule has 0 fully saturated rings. The quantitative estimate of drug-likeness (QED) is 0.808. The Labute approximate surface area is 120 Å². The van der Waals surface area contributed by atoms with Crippen molar-refractivity contribution in [1.29, 1.82) is 0 Å². The maximum absolute atomic E-state index is 14.0. The third kappa shape index (κ3) is 4.22. The molecule has 19 heavy (non-hydrogen) atoms. The second kappa shape index (κ2) is 6.76. The van der Waals surface area contributed by atoms with Gasteiger partial charge in [0.2, 0.25) is 10.0 Å². The molecule has 1 aromatic rings. The number of benzene rings is 1. The Kier molecular flexibility index (Phi) is 5.87. The van der Waals surface area contributed by atoms with E-state index < -0.39 is 20.7 Å². The number of hydrogen-bond acceptors (Lipinski definition) is 4. The lowest BCUT2D eigenvalue weighted by Crippen LogP contribution is -2.32. The van der Waals surface area contributed by atoms with Gasteiger partial charge in [-0.15, -0.1) is 0 Å². The second-order valence-electron chi connectivity index (χ2n) is 3.98. The fourth-order valence-electron chi connectivity index (χ4n) is 1.35. The number of sulfonamides is 1. The van der Waals surface area contributed by atoms with Crippen LogP contribution in [0.4, 0.5) is 4.39 Å². The third-order valence-corrected chi connectivity index (χ3v) is 4.43. The number of nitrogens with one attached hydrogen (secondary N) is 1. The molecule has 0 spiro atoms. The summed E-state index contributed by atoms with van der Waals surface area (Å²) in [6, 6.07) is 2.65. The van der Waals surface area contributed by atoms with Crippen molar-refractivity contribution in [2.75, 3.05) is 13.7 Å². The van der Waals surface area contributed by atoms with Crippen LogP contribution in [0.2, 0.25) is 0 Å². The molecule has 0 aromatic heterocycles. The molecule has 8 heteroatoms. The highest BCUT2D eigenvalue weighted by Crippen LogP contribution is 2.23. The van der Waals surface area contributed by atoms with Crippen LogP contribution >= 0.6 is 15.9 Å². The van der Waals surface area contributed by atoms with Crippen LogP contribution < -0.4 is 10.5 Å². The van der Waals surface area contributed by atoms with Crippen LogP contribution in [0.1, 0.15) is 12.5 Å². The van der Waals surface area contributed by atoms with Gasteiger partial charge in [-0.05, 0) is 19.1 Å². The number of rotatable bonds is 6. The standard InChI is InChI=1S/C11H16BrFN2O3S/c1-7(18-2)6-15-19(16,17)10-4-9(12)3-8(5-14)11(10)13/h3-4,7,15H,5-6,14H2,1-2H3. The Morgan fingerprint density at radius 2 is 2.16 bits per heavy atom. The van der Waals surface area contributed by atoms with E-state index in [0.29, 0.717) is 4.47 Å². The van der Waals surface area contributed by atoms with Crippen molar-refractivity contribution < 1.29 is 17.5 Å². The fourth-order valence-corrected chi connectivity index (χ4v) is 3.27. The first-order chi connectivity index (χ1) is 8.81. The summed E-state index contributed by atoms with van der Waals surface area (Å²) in [5.74, 6) is -0.830. The monoisotopic (exact) mass is 354 g/mol. The van der Waals surface area contributed by atoms with Crippen LogP contribution in [0.15, 0.2) is 21.5 Å². The topological polar surface area (TPSA) is 81.4 Å². The number of halogens is 2. The van der Waals surface area contributed by atoms with Crippen molar-refractivity contribution in [2.45, 2.75) is 24.5 Å². The van der Waals surface area contributed by atoms with Gasteiger partial charge >= 0.3 is 0 Å². The number of ether oxygens (including phenoxy) is 1. The Hall–Kier alpha value is -0.540. The van der Waals surface area contributed by atoms with Crippen molar-refractivity contribution in [3.8, 4) is 0 Å². The number of nitrogens with two attached hydrogens (primary N) is 1. The first-order valence-corrected chi connectivity index (χ1v) is 7.80. The average molecular weight is 355 g/mol. The largest absolute Gasteiger partial charge is 0.380 e. The second-order valence-corrected chi connectivity index (χ2v) is 6.63.